The number of benzene rings is 10. The summed E-state index contributed by atoms with van der Waals surface area (Å²) in [5.41, 5.74) is 17.9. The summed E-state index contributed by atoms with van der Waals surface area (Å²) in [4.78, 5) is 4.60. The summed E-state index contributed by atoms with van der Waals surface area (Å²) in [5.74, 6) is 1.75. The molecule has 1 heterocycles. The van der Waals surface area contributed by atoms with Crippen molar-refractivity contribution in [2.75, 3.05) is 9.80 Å². The van der Waals surface area contributed by atoms with Crippen molar-refractivity contribution in [2.24, 2.45) is 0 Å². The Morgan fingerprint density at radius 2 is 0.547 bits per heavy atom. The molecule has 0 amide bonds. The minimum absolute atomic E-state index is 0.614. The van der Waals surface area contributed by atoms with Crippen LogP contribution in [0.4, 0.5) is 34.1 Å². The van der Waals surface area contributed by atoms with Gasteiger partial charge >= 0.3 is 0 Å². The van der Waals surface area contributed by atoms with Crippen LogP contribution in [-0.4, -0.2) is 0 Å². The maximum Gasteiger partial charge on any atom is 0.132 e. The fourth-order valence-corrected chi connectivity index (χ4v) is 10.1. The summed E-state index contributed by atoms with van der Waals surface area (Å²) >= 11 is 0. The fourth-order valence-electron chi connectivity index (χ4n) is 10.1. The molecule has 1 aliphatic heterocycles. The Kier molecular flexibility index (Phi) is 9.05. The SMILES string of the molecule is c1ccc(N(c2ccccc2)c2ccc(-c3ccc4c(c3)C3(c5cc(-c6ccc(N(c7ccccc7)c7ccccc7)cc6)ccc5O4)c4ccccc4-c4ccccc43)cc2)cc1. The van der Waals surface area contributed by atoms with Crippen LogP contribution in [0.5, 0.6) is 11.5 Å². The van der Waals surface area contributed by atoms with Gasteiger partial charge in [0.15, 0.2) is 0 Å². The maximum absolute atomic E-state index is 6.96. The molecule has 0 radical (unpaired) electrons. The molecule has 0 saturated carbocycles. The first kappa shape index (κ1) is 37.4. The molecule has 64 heavy (non-hydrogen) atoms. The Labute approximate surface area is 374 Å². The molecule has 0 N–H and O–H groups in total. The van der Waals surface area contributed by atoms with Crippen LogP contribution in [0.1, 0.15) is 22.3 Å². The highest BCUT2D eigenvalue weighted by Gasteiger charge is 2.51. The van der Waals surface area contributed by atoms with Crippen LogP contribution in [0.2, 0.25) is 0 Å². The van der Waals surface area contributed by atoms with Gasteiger partial charge < -0.3 is 14.5 Å². The van der Waals surface area contributed by atoms with Crippen molar-refractivity contribution in [1.29, 1.82) is 0 Å². The van der Waals surface area contributed by atoms with Crippen LogP contribution in [-0.2, 0) is 5.41 Å². The molecule has 10 aromatic rings. The Bertz CT molecular complexity index is 2970. The third-order valence-electron chi connectivity index (χ3n) is 12.9. The molecule has 2 aliphatic rings. The van der Waals surface area contributed by atoms with E-state index < -0.39 is 5.41 Å². The zero-order valence-corrected chi connectivity index (χ0v) is 35.1. The van der Waals surface area contributed by atoms with Crippen LogP contribution in [0, 0.1) is 0 Å². The Morgan fingerprint density at radius 3 is 0.906 bits per heavy atom. The normalized spacial score (nSPS) is 12.6. The molecule has 302 valence electrons. The Hall–Kier alpha value is -8.40. The molecule has 0 fully saturated rings. The van der Waals surface area contributed by atoms with E-state index in [9.17, 15) is 0 Å². The van der Waals surface area contributed by atoms with E-state index in [-0.39, 0.29) is 0 Å². The highest BCUT2D eigenvalue weighted by atomic mass is 16.5. The molecule has 12 rings (SSSR count). The minimum Gasteiger partial charge on any atom is -0.457 e. The first-order chi connectivity index (χ1) is 31.7. The molecule has 0 atom stereocenters. The quantitative estimate of drug-likeness (QED) is 0.152. The number of nitrogens with zero attached hydrogens (tertiary/aromatic N) is 2. The number of fused-ring (bicyclic) bond motifs is 9. The molecular formula is C61H42N2O. The van der Waals surface area contributed by atoms with E-state index >= 15 is 0 Å². The third-order valence-corrected chi connectivity index (χ3v) is 12.9. The Morgan fingerprint density at radius 1 is 0.250 bits per heavy atom. The van der Waals surface area contributed by atoms with Gasteiger partial charge in [0.1, 0.15) is 11.5 Å². The van der Waals surface area contributed by atoms with E-state index in [0.717, 1.165) is 79.0 Å². The van der Waals surface area contributed by atoms with Gasteiger partial charge in [-0.15, -0.1) is 0 Å². The summed E-state index contributed by atoms with van der Waals surface area (Å²) in [6, 6.07) is 91.5. The lowest BCUT2D eigenvalue weighted by Gasteiger charge is -2.40. The Balaban J connectivity index is 0.982. The van der Waals surface area contributed by atoms with Crippen molar-refractivity contribution in [3.05, 3.63) is 277 Å². The van der Waals surface area contributed by atoms with Gasteiger partial charge in [0, 0.05) is 45.3 Å². The molecule has 0 bridgehead atoms. The third kappa shape index (κ3) is 6.13. The van der Waals surface area contributed by atoms with Gasteiger partial charge in [0.25, 0.3) is 0 Å². The number of para-hydroxylation sites is 4. The summed E-state index contributed by atoms with van der Waals surface area (Å²) in [7, 11) is 0. The second-order valence-electron chi connectivity index (χ2n) is 16.5. The van der Waals surface area contributed by atoms with E-state index in [0.29, 0.717) is 0 Å². The lowest BCUT2D eigenvalue weighted by atomic mass is 9.65. The van der Waals surface area contributed by atoms with Crippen LogP contribution >= 0.6 is 0 Å². The minimum atomic E-state index is -0.614. The van der Waals surface area contributed by atoms with Crippen LogP contribution in [0.15, 0.2) is 255 Å². The van der Waals surface area contributed by atoms with Crippen molar-refractivity contribution < 1.29 is 4.74 Å². The standard InChI is InChI=1S/C61H42N2O/c1-5-17-47(18-6-1)62(48-19-7-2-8-20-48)51-35-29-43(30-36-51)45-33-39-59-57(41-45)61(55-27-15-13-25-53(55)54-26-14-16-28-56(54)61)58-42-46(34-40-60(58)64-59)44-31-37-52(38-32-44)63(49-21-9-3-10-22-49)50-23-11-4-12-24-50/h1-42H. The second-order valence-corrected chi connectivity index (χ2v) is 16.5. The molecule has 3 heteroatoms. The van der Waals surface area contributed by atoms with Crippen molar-refractivity contribution in [3.63, 3.8) is 0 Å². The average Bonchev–Trinajstić information content (AvgIpc) is 3.66. The zero-order chi connectivity index (χ0) is 42.5. The molecule has 1 aliphatic carbocycles. The van der Waals surface area contributed by atoms with Crippen LogP contribution in [0.3, 0.4) is 0 Å². The van der Waals surface area contributed by atoms with E-state index in [4.69, 9.17) is 4.74 Å². The zero-order valence-electron chi connectivity index (χ0n) is 35.1. The van der Waals surface area contributed by atoms with Gasteiger partial charge in [-0.25, -0.2) is 0 Å². The monoisotopic (exact) mass is 818 g/mol. The highest BCUT2D eigenvalue weighted by molar-refractivity contribution is 5.90. The summed E-state index contributed by atoms with van der Waals surface area (Å²) < 4.78 is 6.96. The number of ether oxygens (including phenoxy) is 1. The summed E-state index contributed by atoms with van der Waals surface area (Å²) in [5, 5.41) is 0. The average molecular weight is 819 g/mol. The van der Waals surface area contributed by atoms with Gasteiger partial charge in [0.05, 0.1) is 5.41 Å². The molecular weight excluding hydrogens is 777 g/mol. The molecule has 0 aromatic heterocycles. The lowest BCUT2D eigenvalue weighted by Crippen LogP contribution is -2.32. The van der Waals surface area contributed by atoms with Gasteiger partial charge in [0.2, 0.25) is 0 Å². The van der Waals surface area contributed by atoms with Crippen molar-refractivity contribution in [2.45, 2.75) is 5.41 Å². The van der Waals surface area contributed by atoms with E-state index in [2.05, 4.69) is 265 Å². The van der Waals surface area contributed by atoms with Gasteiger partial charge in [-0.05, 0) is 142 Å². The molecule has 10 aromatic carbocycles. The van der Waals surface area contributed by atoms with Gasteiger partial charge in [-0.2, -0.15) is 0 Å². The van der Waals surface area contributed by atoms with E-state index in [1.54, 1.807) is 0 Å². The predicted molar refractivity (Wildman–Crippen MR) is 264 cm³/mol. The first-order valence-electron chi connectivity index (χ1n) is 21.9. The molecule has 3 nitrogen and oxygen atoms in total. The van der Waals surface area contributed by atoms with Crippen molar-refractivity contribution in [1.82, 2.24) is 0 Å². The fraction of sp³-hybridized carbons (Fsp3) is 0.0164. The number of rotatable bonds is 8. The number of hydrogen-bond acceptors (Lipinski definition) is 3. The first-order valence-corrected chi connectivity index (χ1v) is 21.9. The molecule has 0 saturated heterocycles. The van der Waals surface area contributed by atoms with Crippen LogP contribution in [0.25, 0.3) is 33.4 Å². The van der Waals surface area contributed by atoms with Gasteiger partial charge in [-0.1, -0.05) is 158 Å². The smallest absolute Gasteiger partial charge is 0.132 e. The van der Waals surface area contributed by atoms with Crippen molar-refractivity contribution in [3.8, 4) is 44.9 Å². The second kappa shape index (κ2) is 15.5. The number of hydrogen-bond donors (Lipinski definition) is 0. The predicted octanol–water partition coefficient (Wildman–Crippen LogP) is 16.4. The van der Waals surface area contributed by atoms with Crippen LogP contribution < -0.4 is 14.5 Å². The topological polar surface area (TPSA) is 15.7 Å². The number of anilines is 6. The highest BCUT2D eigenvalue weighted by Crippen LogP contribution is 2.62. The molecule has 1 spiro atoms. The lowest BCUT2D eigenvalue weighted by molar-refractivity contribution is 0.436. The summed E-state index contributed by atoms with van der Waals surface area (Å²) in [6.07, 6.45) is 0. The largest absolute Gasteiger partial charge is 0.457 e. The molecule has 0 unspecified atom stereocenters. The van der Waals surface area contributed by atoms with Crippen molar-refractivity contribution >= 4 is 34.1 Å². The maximum atomic E-state index is 6.96. The van der Waals surface area contributed by atoms with E-state index in [1.165, 1.54) is 22.3 Å². The van der Waals surface area contributed by atoms with Gasteiger partial charge in [-0.3, -0.25) is 0 Å². The summed E-state index contributed by atoms with van der Waals surface area (Å²) in [6.45, 7) is 0. The van der Waals surface area contributed by atoms with E-state index in [1.807, 2.05) is 0 Å².